The van der Waals surface area contributed by atoms with Gasteiger partial charge >= 0.3 is 29.6 Å². The summed E-state index contributed by atoms with van der Waals surface area (Å²) >= 11 is 1.91. The molecule has 2 saturated heterocycles. The first-order chi connectivity index (χ1) is 13.0. The molecule has 28 heavy (non-hydrogen) atoms. The van der Waals surface area contributed by atoms with Crippen LogP contribution in [0.15, 0.2) is 18.2 Å². The van der Waals surface area contributed by atoms with Gasteiger partial charge < -0.3 is 18.1 Å². The molecule has 2 aromatic rings. The van der Waals surface area contributed by atoms with E-state index in [2.05, 4.69) is 57.2 Å². The minimum Gasteiger partial charge on any atom is -0.466 e. The zero-order valence-electron chi connectivity index (χ0n) is 17.6. The van der Waals surface area contributed by atoms with E-state index in [4.69, 9.17) is 10.2 Å². The molecule has 4 nitrogen and oxygen atoms in total. The summed E-state index contributed by atoms with van der Waals surface area (Å²) < 4.78 is 1.35. The number of hydrogen-bond acceptors (Lipinski definition) is 5. The summed E-state index contributed by atoms with van der Waals surface area (Å²) in [6, 6.07) is 7.46. The number of nitriles is 1. The van der Waals surface area contributed by atoms with Gasteiger partial charge in [-0.15, -0.1) is 11.3 Å². The maximum absolute atomic E-state index is 7.10. The normalized spacial score (nSPS) is 28.0. The van der Waals surface area contributed by atoms with E-state index < -0.39 is 0 Å². The van der Waals surface area contributed by atoms with Crippen LogP contribution in [0.4, 0.5) is 0 Å². The third-order valence-corrected chi connectivity index (χ3v) is 7.09. The summed E-state index contributed by atoms with van der Waals surface area (Å²) in [4.78, 5) is 7.50. The van der Waals surface area contributed by atoms with E-state index in [1.165, 1.54) is 59.1 Å². The molecule has 3 heterocycles. The van der Waals surface area contributed by atoms with Crippen molar-refractivity contribution in [2.24, 2.45) is 11.8 Å². The molecule has 1 N–H and O–H groups in total. The molecule has 0 bridgehead atoms. The molecule has 143 valence electrons. The van der Waals surface area contributed by atoms with Crippen LogP contribution in [-0.2, 0) is 0 Å². The summed E-state index contributed by atoms with van der Waals surface area (Å²) in [6.45, 7) is 8.24. The Bertz CT molecular complexity index is 797. The summed E-state index contributed by atoms with van der Waals surface area (Å²) in [6.07, 6.45) is 3.81. The third-order valence-electron chi connectivity index (χ3n) is 5.92. The number of nitrogens with zero attached hydrogens (tertiary/aromatic N) is 3. The van der Waals surface area contributed by atoms with Crippen molar-refractivity contribution in [3.05, 3.63) is 28.8 Å². The Morgan fingerprint density at radius 2 is 2.04 bits per heavy atom. The van der Waals surface area contributed by atoms with E-state index in [9.17, 15) is 0 Å². The Morgan fingerprint density at radius 3 is 2.68 bits per heavy atom. The quantitative estimate of drug-likeness (QED) is 0.762. The van der Waals surface area contributed by atoms with E-state index >= 15 is 0 Å². The van der Waals surface area contributed by atoms with Crippen molar-refractivity contribution in [1.29, 1.82) is 5.26 Å². The van der Waals surface area contributed by atoms with Crippen molar-refractivity contribution in [2.75, 3.05) is 26.7 Å². The largest absolute Gasteiger partial charge is 1.00 e. The number of aromatic nitrogens is 1. The second-order valence-corrected chi connectivity index (χ2v) is 9.25. The minimum atomic E-state index is 0. The molecule has 4 atom stereocenters. The van der Waals surface area contributed by atoms with Gasteiger partial charge in [0.25, 0.3) is 0 Å². The van der Waals surface area contributed by atoms with E-state index in [-0.39, 0.29) is 29.6 Å². The number of piperidine rings is 2. The number of thiazole rings is 1. The van der Waals surface area contributed by atoms with Gasteiger partial charge in [0, 0.05) is 18.5 Å². The van der Waals surface area contributed by atoms with Gasteiger partial charge in [-0.1, -0.05) is 19.9 Å². The van der Waals surface area contributed by atoms with Crippen LogP contribution < -0.4 is 34.9 Å². The molecule has 0 aliphatic carbocycles. The van der Waals surface area contributed by atoms with Crippen molar-refractivity contribution in [3.8, 4) is 5.97 Å². The van der Waals surface area contributed by atoms with Gasteiger partial charge in [0.15, 0.2) is 0 Å². The number of nitrogens with one attached hydrogen (secondary N) is 1. The van der Waals surface area contributed by atoms with Crippen molar-refractivity contribution in [2.45, 2.75) is 45.1 Å². The zero-order chi connectivity index (χ0) is 19.4. The Kier molecular flexibility index (Phi) is 9.46. The van der Waals surface area contributed by atoms with Crippen LogP contribution in [0.3, 0.4) is 0 Å². The van der Waals surface area contributed by atoms with Crippen LogP contribution in [0.1, 0.15) is 55.6 Å². The van der Waals surface area contributed by atoms with Crippen LogP contribution in [0.5, 0.6) is 0 Å². The number of fused-ring (bicyclic) bond motifs is 1. The fourth-order valence-corrected chi connectivity index (χ4v) is 5.56. The van der Waals surface area contributed by atoms with Gasteiger partial charge in [0.2, 0.25) is 0 Å². The van der Waals surface area contributed by atoms with Gasteiger partial charge in [-0.05, 0) is 68.9 Å². The average molecular weight is 403 g/mol. The monoisotopic (exact) mass is 403 g/mol. The molecule has 1 aromatic heterocycles. The molecule has 1 aromatic carbocycles. The van der Waals surface area contributed by atoms with Crippen LogP contribution in [0, 0.1) is 23.1 Å². The number of benzene rings is 1. The standard InChI is InChI=1S/C20H29N3S.CBN.Na/c1-13-4-6-17(21-11-13)15-5-7-19-18(10-15)22-20(24-19)16-8-9-23(3)12-14(16)2;2-1-3;/h5,7,10,13-14,16-17,21H,4,6,8-9,11-12H2,1-3H3;;/q;-1;+1/t13-,14?,16?,17+;;/m0../s1. The molecule has 4 rings (SSSR count). The van der Waals surface area contributed by atoms with E-state index in [0.29, 0.717) is 17.9 Å². The number of rotatable bonds is 2. The van der Waals surface area contributed by atoms with Crippen LogP contribution in [0.2, 0.25) is 0 Å². The Morgan fingerprint density at radius 1 is 1.29 bits per heavy atom. The number of likely N-dealkylation sites (tertiary alicyclic amines) is 1. The van der Waals surface area contributed by atoms with E-state index in [1.54, 1.807) is 0 Å². The summed E-state index contributed by atoms with van der Waals surface area (Å²) in [5, 5.41) is 12.2. The first-order valence-corrected chi connectivity index (χ1v) is 10.8. The van der Waals surface area contributed by atoms with Gasteiger partial charge in [-0.3, -0.25) is 11.2 Å². The van der Waals surface area contributed by atoms with Crippen molar-refractivity contribution < 1.29 is 29.6 Å². The fourth-order valence-electron chi connectivity index (χ4n) is 4.34. The first kappa shape index (κ1) is 23.9. The average Bonchev–Trinajstić information content (AvgIpc) is 3.06. The molecule has 2 aliphatic rings. The molecule has 3 radical (unpaired) electrons. The second kappa shape index (κ2) is 11.1. The molecule has 2 aliphatic heterocycles. The molecule has 0 spiro atoms. The summed E-state index contributed by atoms with van der Waals surface area (Å²) in [5.41, 5.74) is 2.63. The SMILES string of the molecule is CC1CN(C)CCC1c1nc2cc([C@H]3CC[C@H](C)CN3)ccc2s1.[B-]C#N.[Na+]. The maximum atomic E-state index is 7.10. The minimum absolute atomic E-state index is 0. The molecular weight excluding hydrogens is 374 g/mol. The van der Waals surface area contributed by atoms with Crippen LogP contribution >= 0.6 is 11.3 Å². The zero-order valence-corrected chi connectivity index (χ0v) is 20.4. The maximum Gasteiger partial charge on any atom is 1.00 e. The van der Waals surface area contributed by atoms with E-state index in [1.807, 2.05) is 11.3 Å². The predicted octanol–water partition coefficient (Wildman–Crippen LogP) is 1.05. The molecular formula is C21H29BN4NaS. The topological polar surface area (TPSA) is 52.0 Å². The Balaban J connectivity index is 0.000000660. The Hall–Kier alpha value is -0.415. The van der Waals surface area contributed by atoms with Crippen molar-refractivity contribution >= 4 is 29.4 Å². The van der Waals surface area contributed by atoms with Gasteiger partial charge in [-0.25, -0.2) is 4.98 Å². The van der Waals surface area contributed by atoms with Crippen LogP contribution in [0.25, 0.3) is 10.2 Å². The molecule has 2 fully saturated rings. The predicted molar refractivity (Wildman–Crippen MR) is 114 cm³/mol. The van der Waals surface area contributed by atoms with Crippen molar-refractivity contribution in [1.82, 2.24) is 15.2 Å². The summed E-state index contributed by atoms with van der Waals surface area (Å²) in [7, 11) is 6.38. The molecule has 7 heteroatoms. The second-order valence-electron chi connectivity index (χ2n) is 8.19. The molecule has 0 amide bonds. The Labute approximate surface area is 196 Å². The van der Waals surface area contributed by atoms with Gasteiger partial charge in [0.05, 0.1) is 15.2 Å². The molecule has 0 saturated carbocycles. The van der Waals surface area contributed by atoms with E-state index in [0.717, 1.165) is 12.5 Å². The molecule has 2 unspecified atom stereocenters. The van der Waals surface area contributed by atoms with Gasteiger partial charge in [-0.2, -0.15) is 0 Å². The van der Waals surface area contributed by atoms with Crippen molar-refractivity contribution in [3.63, 3.8) is 0 Å². The fraction of sp³-hybridized carbons (Fsp3) is 0.619. The smallest absolute Gasteiger partial charge is 0.466 e. The first-order valence-electron chi connectivity index (χ1n) is 9.93. The van der Waals surface area contributed by atoms with Crippen LogP contribution in [-0.4, -0.2) is 44.4 Å². The number of hydrogen-bond donors (Lipinski definition) is 1. The summed E-state index contributed by atoms with van der Waals surface area (Å²) in [5.74, 6) is 3.39. The van der Waals surface area contributed by atoms with Gasteiger partial charge in [0.1, 0.15) is 0 Å². The third kappa shape index (κ3) is 5.81.